The molecule has 2 aromatic carbocycles. The van der Waals surface area contributed by atoms with E-state index in [0.717, 1.165) is 16.9 Å². The van der Waals surface area contributed by atoms with E-state index >= 15 is 0 Å². The summed E-state index contributed by atoms with van der Waals surface area (Å²) in [7, 11) is 0. The molecule has 6 heteroatoms. The first-order valence-electron chi connectivity index (χ1n) is 8.11. The van der Waals surface area contributed by atoms with Crippen LogP contribution in [-0.2, 0) is 16.0 Å². The van der Waals surface area contributed by atoms with Crippen LogP contribution in [0.2, 0.25) is 0 Å². The molecule has 0 aromatic heterocycles. The molecule has 2 amide bonds. The van der Waals surface area contributed by atoms with Crippen LogP contribution in [0.3, 0.4) is 0 Å². The Kier molecular flexibility index (Phi) is 6.52. The van der Waals surface area contributed by atoms with Gasteiger partial charge in [-0.3, -0.25) is 9.59 Å². The first-order valence-corrected chi connectivity index (χ1v) is 8.11. The molecular formula is C20H20N4O2. The number of anilines is 2. The lowest BCUT2D eigenvalue weighted by Crippen LogP contribution is -2.36. The zero-order valence-corrected chi connectivity index (χ0v) is 14.5. The zero-order chi connectivity index (χ0) is 18.9. The number of hydrogen-bond donors (Lipinski definition) is 2. The topological polar surface area (TPSA) is 99.2 Å². The SMILES string of the molecule is CC(=O)N(C(=O)/C(C#N)=C\NCCc1ccccc1)c1ccc(N)cc1. The fraction of sp³-hybridized carbons (Fsp3) is 0.150. The van der Waals surface area contributed by atoms with Gasteiger partial charge in [0.15, 0.2) is 0 Å². The highest BCUT2D eigenvalue weighted by molar-refractivity contribution is 6.21. The monoisotopic (exact) mass is 348 g/mol. The number of nitrogens with zero attached hydrogens (tertiary/aromatic N) is 2. The van der Waals surface area contributed by atoms with E-state index in [2.05, 4.69) is 5.32 Å². The predicted octanol–water partition coefficient (Wildman–Crippen LogP) is 2.39. The highest BCUT2D eigenvalue weighted by Gasteiger charge is 2.23. The van der Waals surface area contributed by atoms with E-state index in [9.17, 15) is 14.9 Å². The Labute approximate surface area is 152 Å². The van der Waals surface area contributed by atoms with E-state index in [4.69, 9.17) is 5.73 Å². The molecule has 2 aromatic rings. The summed E-state index contributed by atoms with van der Waals surface area (Å²) in [6.07, 6.45) is 2.09. The van der Waals surface area contributed by atoms with Crippen LogP contribution in [0.5, 0.6) is 0 Å². The number of carbonyl (C=O) groups excluding carboxylic acids is 2. The van der Waals surface area contributed by atoms with E-state index in [1.807, 2.05) is 36.4 Å². The van der Waals surface area contributed by atoms with Crippen LogP contribution in [0.15, 0.2) is 66.4 Å². The van der Waals surface area contributed by atoms with Crippen LogP contribution < -0.4 is 16.0 Å². The Hall–Kier alpha value is -3.59. The van der Waals surface area contributed by atoms with Gasteiger partial charge in [0.1, 0.15) is 11.6 Å². The number of hydrogen-bond acceptors (Lipinski definition) is 5. The minimum Gasteiger partial charge on any atom is -0.399 e. The highest BCUT2D eigenvalue weighted by Crippen LogP contribution is 2.18. The number of nitriles is 1. The van der Waals surface area contributed by atoms with Gasteiger partial charge in [0.2, 0.25) is 5.91 Å². The maximum atomic E-state index is 12.6. The molecule has 0 aliphatic carbocycles. The summed E-state index contributed by atoms with van der Waals surface area (Å²) in [4.78, 5) is 25.5. The molecule has 0 aliphatic heterocycles. The third-order valence-electron chi connectivity index (χ3n) is 3.67. The van der Waals surface area contributed by atoms with Gasteiger partial charge in [0.05, 0.1) is 5.69 Å². The molecule has 6 nitrogen and oxygen atoms in total. The number of imide groups is 1. The minimum atomic E-state index is -0.683. The molecule has 132 valence electrons. The van der Waals surface area contributed by atoms with Crippen LogP contribution >= 0.6 is 0 Å². The molecule has 0 aliphatic rings. The number of amides is 2. The van der Waals surface area contributed by atoms with Crippen LogP contribution in [0, 0.1) is 11.3 Å². The van der Waals surface area contributed by atoms with E-state index in [0.29, 0.717) is 17.9 Å². The Morgan fingerprint density at radius 1 is 1.15 bits per heavy atom. The molecule has 0 bridgehead atoms. The number of nitrogens with two attached hydrogens (primary N) is 1. The van der Waals surface area contributed by atoms with E-state index in [-0.39, 0.29) is 5.57 Å². The normalized spacial score (nSPS) is 10.7. The van der Waals surface area contributed by atoms with Crippen LogP contribution in [0.4, 0.5) is 11.4 Å². The fourth-order valence-electron chi connectivity index (χ4n) is 2.36. The average molecular weight is 348 g/mol. The molecular weight excluding hydrogens is 328 g/mol. The molecule has 0 atom stereocenters. The molecule has 0 unspecified atom stereocenters. The molecule has 26 heavy (non-hydrogen) atoms. The standard InChI is InChI=1S/C20H20N4O2/c1-15(25)24(19-9-7-18(22)8-10-19)20(26)17(13-21)14-23-12-11-16-5-3-2-4-6-16/h2-10,14,23H,11-12,22H2,1H3/b17-14-. The Morgan fingerprint density at radius 3 is 2.38 bits per heavy atom. The van der Waals surface area contributed by atoms with E-state index < -0.39 is 11.8 Å². The molecule has 3 N–H and O–H groups in total. The summed E-state index contributed by atoms with van der Waals surface area (Å²) in [6, 6.07) is 18.0. The maximum Gasteiger partial charge on any atom is 0.277 e. The first-order chi connectivity index (χ1) is 12.5. The fourth-order valence-corrected chi connectivity index (χ4v) is 2.36. The number of nitrogens with one attached hydrogen (secondary N) is 1. The van der Waals surface area contributed by atoms with Crippen molar-refractivity contribution in [3.8, 4) is 6.07 Å². The van der Waals surface area contributed by atoms with Crippen LogP contribution in [0.25, 0.3) is 0 Å². The largest absolute Gasteiger partial charge is 0.399 e. The molecule has 0 spiro atoms. The second-order valence-corrected chi connectivity index (χ2v) is 5.61. The third-order valence-corrected chi connectivity index (χ3v) is 3.67. The molecule has 0 heterocycles. The predicted molar refractivity (Wildman–Crippen MR) is 101 cm³/mol. The quantitative estimate of drug-likeness (QED) is 0.361. The summed E-state index contributed by atoms with van der Waals surface area (Å²) < 4.78 is 0. The number of rotatable bonds is 6. The van der Waals surface area contributed by atoms with Crippen LogP contribution in [-0.4, -0.2) is 18.4 Å². The van der Waals surface area contributed by atoms with Gasteiger partial charge >= 0.3 is 0 Å². The number of benzene rings is 2. The Morgan fingerprint density at radius 2 is 1.81 bits per heavy atom. The first kappa shape index (κ1) is 18.7. The van der Waals surface area contributed by atoms with Crippen molar-refractivity contribution in [2.45, 2.75) is 13.3 Å². The third kappa shape index (κ3) is 4.95. The summed E-state index contributed by atoms with van der Waals surface area (Å²) in [5.41, 5.74) is 7.51. The van der Waals surface area contributed by atoms with Crippen LogP contribution in [0.1, 0.15) is 12.5 Å². The van der Waals surface area contributed by atoms with E-state index in [1.54, 1.807) is 24.3 Å². The average Bonchev–Trinajstić information content (AvgIpc) is 2.64. The van der Waals surface area contributed by atoms with Crippen molar-refractivity contribution in [1.82, 2.24) is 5.32 Å². The molecule has 0 radical (unpaired) electrons. The smallest absolute Gasteiger partial charge is 0.277 e. The minimum absolute atomic E-state index is 0.148. The summed E-state index contributed by atoms with van der Waals surface area (Å²) in [5, 5.41) is 12.3. The molecule has 0 fully saturated rings. The second-order valence-electron chi connectivity index (χ2n) is 5.61. The molecule has 0 saturated carbocycles. The lowest BCUT2D eigenvalue weighted by molar-refractivity contribution is -0.123. The van der Waals surface area contributed by atoms with Gasteiger partial charge in [-0.05, 0) is 36.2 Å². The summed E-state index contributed by atoms with van der Waals surface area (Å²) >= 11 is 0. The van der Waals surface area contributed by atoms with Gasteiger partial charge in [-0.15, -0.1) is 0 Å². The highest BCUT2D eigenvalue weighted by atomic mass is 16.2. The second kappa shape index (κ2) is 9.04. The van der Waals surface area contributed by atoms with E-state index in [1.165, 1.54) is 13.1 Å². The van der Waals surface area contributed by atoms with Gasteiger partial charge in [-0.25, -0.2) is 4.90 Å². The Bertz CT molecular complexity index is 836. The van der Waals surface area contributed by atoms with Crippen molar-refractivity contribution in [2.75, 3.05) is 17.2 Å². The van der Waals surface area contributed by atoms with Gasteiger partial charge in [0.25, 0.3) is 5.91 Å². The lowest BCUT2D eigenvalue weighted by atomic mass is 10.1. The van der Waals surface area contributed by atoms with Crippen molar-refractivity contribution >= 4 is 23.2 Å². The Balaban J connectivity index is 2.08. The van der Waals surface area contributed by atoms with Crippen molar-refractivity contribution in [3.05, 3.63) is 71.9 Å². The van der Waals surface area contributed by atoms with Crippen molar-refractivity contribution in [1.29, 1.82) is 5.26 Å². The van der Waals surface area contributed by atoms with Crippen molar-refractivity contribution in [3.63, 3.8) is 0 Å². The van der Waals surface area contributed by atoms with Gasteiger partial charge < -0.3 is 11.1 Å². The van der Waals surface area contributed by atoms with Gasteiger partial charge in [-0.2, -0.15) is 5.26 Å². The van der Waals surface area contributed by atoms with Crippen molar-refractivity contribution < 1.29 is 9.59 Å². The summed E-state index contributed by atoms with van der Waals surface area (Å²) in [6.45, 7) is 1.83. The summed E-state index contributed by atoms with van der Waals surface area (Å²) in [5.74, 6) is -1.16. The number of nitrogen functional groups attached to an aromatic ring is 1. The van der Waals surface area contributed by atoms with Gasteiger partial charge in [-0.1, -0.05) is 30.3 Å². The molecule has 2 rings (SSSR count). The maximum absolute atomic E-state index is 12.6. The lowest BCUT2D eigenvalue weighted by Gasteiger charge is -2.19. The number of carbonyl (C=O) groups is 2. The van der Waals surface area contributed by atoms with Crippen molar-refractivity contribution in [2.24, 2.45) is 0 Å². The zero-order valence-electron chi connectivity index (χ0n) is 14.5. The van der Waals surface area contributed by atoms with Gasteiger partial charge in [0, 0.05) is 25.4 Å². The molecule has 0 saturated heterocycles.